The number of non-ortho nitro benzene ring substituents is 1. The van der Waals surface area contributed by atoms with Crippen LogP contribution in [0.25, 0.3) is 0 Å². The van der Waals surface area contributed by atoms with Gasteiger partial charge in [0.2, 0.25) is 17.8 Å². The monoisotopic (exact) mass is 532 g/mol. The van der Waals surface area contributed by atoms with Crippen LogP contribution in [0.4, 0.5) is 34.9 Å². The van der Waals surface area contributed by atoms with Crippen molar-refractivity contribution in [2.75, 3.05) is 16.1 Å². The second-order valence-electron chi connectivity index (χ2n) is 7.58. The van der Waals surface area contributed by atoms with Gasteiger partial charge in [-0.2, -0.15) is 20.1 Å². The first-order valence-electron chi connectivity index (χ1n) is 10.5. The molecule has 4 aromatic rings. The SMILES string of the molecule is Cc1ccc(Nc2nc(N/N=C/c3cccc(Br)c3)nc(Nc3ccc([N+](=O)[O-])cc3)n2)cc1C. The molecule has 0 saturated heterocycles. The van der Waals surface area contributed by atoms with Gasteiger partial charge in [-0.1, -0.05) is 34.1 Å². The Labute approximate surface area is 209 Å². The van der Waals surface area contributed by atoms with Crippen LogP contribution in [-0.4, -0.2) is 26.1 Å². The van der Waals surface area contributed by atoms with Crippen LogP contribution in [0.5, 0.6) is 0 Å². The molecule has 0 spiro atoms. The van der Waals surface area contributed by atoms with Crippen molar-refractivity contribution in [3.63, 3.8) is 0 Å². The van der Waals surface area contributed by atoms with E-state index in [-0.39, 0.29) is 17.6 Å². The summed E-state index contributed by atoms with van der Waals surface area (Å²) in [6.45, 7) is 4.07. The number of nitro groups is 1. The second kappa shape index (κ2) is 10.7. The highest BCUT2D eigenvalue weighted by Gasteiger charge is 2.10. The third kappa shape index (κ3) is 6.58. The number of hydrogen-bond acceptors (Lipinski definition) is 9. The molecule has 0 amide bonds. The largest absolute Gasteiger partial charge is 0.324 e. The molecule has 0 aliphatic heterocycles. The standard InChI is InChI=1S/C24H21BrN8O2/c1-15-6-7-20(12-16(15)2)28-23-29-22(27-19-8-10-21(11-9-19)33(34)35)30-24(31-23)32-26-14-17-4-3-5-18(25)13-17/h3-14H,1-2H3,(H3,27,28,29,30,31,32)/b26-14+. The molecule has 0 saturated carbocycles. The van der Waals surface area contributed by atoms with E-state index in [0.29, 0.717) is 11.6 Å². The molecule has 0 atom stereocenters. The minimum absolute atomic E-state index is 0.00691. The van der Waals surface area contributed by atoms with Gasteiger partial charge < -0.3 is 10.6 Å². The fourth-order valence-electron chi connectivity index (χ4n) is 3.03. The first-order chi connectivity index (χ1) is 16.9. The number of anilines is 5. The number of hydrogen-bond donors (Lipinski definition) is 3. The third-order valence-electron chi connectivity index (χ3n) is 4.96. The normalized spacial score (nSPS) is 10.8. The average molecular weight is 533 g/mol. The zero-order valence-electron chi connectivity index (χ0n) is 18.9. The summed E-state index contributed by atoms with van der Waals surface area (Å²) in [4.78, 5) is 23.7. The highest BCUT2D eigenvalue weighted by Crippen LogP contribution is 2.22. The van der Waals surface area contributed by atoms with E-state index < -0.39 is 4.92 Å². The van der Waals surface area contributed by atoms with E-state index in [2.05, 4.69) is 52.0 Å². The number of halogens is 1. The molecule has 3 N–H and O–H groups in total. The molecule has 3 aromatic carbocycles. The van der Waals surface area contributed by atoms with E-state index >= 15 is 0 Å². The van der Waals surface area contributed by atoms with Gasteiger partial charge in [0.05, 0.1) is 11.1 Å². The fourth-order valence-corrected chi connectivity index (χ4v) is 3.45. The molecule has 11 heteroatoms. The quantitative estimate of drug-likeness (QED) is 0.141. The molecular weight excluding hydrogens is 512 g/mol. The van der Waals surface area contributed by atoms with Crippen LogP contribution < -0.4 is 16.1 Å². The second-order valence-corrected chi connectivity index (χ2v) is 8.50. The molecule has 0 unspecified atom stereocenters. The van der Waals surface area contributed by atoms with Crippen molar-refractivity contribution >= 4 is 57.1 Å². The van der Waals surface area contributed by atoms with Crippen molar-refractivity contribution < 1.29 is 4.92 Å². The predicted molar refractivity (Wildman–Crippen MR) is 141 cm³/mol. The molecule has 0 aliphatic rings. The molecule has 0 bridgehead atoms. The number of nitrogens with zero attached hydrogens (tertiary/aromatic N) is 5. The maximum atomic E-state index is 10.9. The van der Waals surface area contributed by atoms with Gasteiger partial charge in [-0.05, 0) is 66.9 Å². The summed E-state index contributed by atoms with van der Waals surface area (Å²) < 4.78 is 0.941. The molecule has 0 fully saturated rings. The smallest absolute Gasteiger partial charge is 0.269 e. The highest BCUT2D eigenvalue weighted by atomic mass is 79.9. The molecule has 4 rings (SSSR count). The first-order valence-corrected chi connectivity index (χ1v) is 11.3. The summed E-state index contributed by atoms with van der Waals surface area (Å²) in [5.41, 5.74) is 7.43. The number of benzene rings is 3. The minimum atomic E-state index is -0.455. The molecule has 0 radical (unpaired) electrons. The lowest BCUT2D eigenvalue weighted by atomic mass is 10.1. The van der Waals surface area contributed by atoms with E-state index in [1.165, 1.54) is 17.7 Å². The van der Waals surface area contributed by atoms with Crippen LogP contribution in [0.15, 0.2) is 76.3 Å². The van der Waals surface area contributed by atoms with Crippen LogP contribution in [0.2, 0.25) is 0 Å². The summed E-state index contributed by atoms with van der Waals surface area (Å²) >= 11 is 3.43. The topological polar surface area (TPSA) is 130 Å². The van der Waals surface area contributed by atoms with Gasteiger partial charge in [0, 0.05) is 28.0 Å². The fraction of sp³-hybridized carbons (Fsp3) is 0.0833. The molecule has 176 valence electrons. The van der Waals surface area contributed by atoms with E-state index in [1.807, 2.05) is 56.3 Å². The van der Waals surface area contributed by atoms with E-state index in [4.69, 9.17) is 0 Å². The Morgan fingerprint density at radius 3 is 2.17 bits per heavy atom. The Morgan fingerprint density at radius 1 is 0.857 bits per heavy atom. The first kappa shape index (κ1) is 23.8. The van der Waals surface area contributed by atoms with E-state index in [9.17, 15) is 10.1 Å². The van der Waals surface area contributed by atoms with Crippen LogP contribution in [0.3, 0.4) is 0 Å². The number of hydrazone groups is 1. The van der Waals surface area contributed by atoms with Gasteiger partial charge in [0.15, 0.2) is 0 Å². The summed E-state index contributed by atoms with van der Waals surface area (Å²) in [5, 5.41) is 21.4. The number of aryl methyl sites for hydroxylation is 2. The number of rotatable bonds is 8. The lowest BCUT2D eigenvalue weighted by Crippen LogP contribution is -2.07. The summed E-state index contributed by atoms with van der Waals surface area (Å²) in [5.74, 6) is 0.746. The van der Waals surface area contributed by atoms with Crippen LogP contribution in [0, 0.1) is 24.0 Å². The number of nitro benzene ring substituents is 1. The van der Waals surface area contributed by atoms with Gasteiger partial charge in [-0.15, -0.1) is 0 Å². The zero-order chi connectivity index (χ0) is 24.8. The Balaban J connectivity index is 1.60. The molecule has 10 nitrogen and oxygen atoms in total. The molecule has 1 heterocycles. The van der Waals surface area contributed by atoms with Gasteiger partial charge >= 0.3 is 0 Å². The Bertz CT molecular complexity index is 1390. The average Bonchev–Trinajstić information content (AvgIpc) is 2.82. The van der Waals surface area contributed by atoms with Crippen LogP contribution in [0.1, 0.15) is 16.7 Å². The third-order valence-corrected chi connectivity index (χ3v) is 5.45. The minimum Gasteiger partial charge on any atom is -0.324 e. The van der Waals surface area contributed by atoms with Gasteiger partial charge in [0.1, 0.15) is 0 Å². The lowest BCUT2D eigenvalue weighted by Gasteiger charge is -2.11. The van der Waals surface area contributed by atoms with Gasteiger partial charge in [-0.25, -0.2) is 5.43 Å². The molecule has 35 heavy (non-hydrogen) atoms. The number of nitrogens with one attached hydrogen (secondary N) is 3. The lowest BCUT2D eigenvalue weighted by molar-refractivity contribution is -0.384. The van der Waals surface area contributed by atoms with Crippen molar-refractivity contribution in [2.24, 2.45) is 5.10 Å². The van der Waals surface area contributed by atoms with Crippen molar-refractivity contribution in [3.05, 3.63) is 98.0 Å². The molecule has 1 aromatic heterocycles. The van der Waals surface area contributed by atoms with Crippen molar-refractivity contribution in [3.8, 4) is 0 Å². The number of aromatic nitrogens is 3. The van der Waals surface area contributed by atoms with Crippen LogP contribution in [-0.2, 0) is 0 Å². The van der Waals surface area contributed by atoms with E-state index in [0.717, 1.165) is 21.3 Å². The van der Waals surface area contributed by atoms with Gasteiger partial charge in [-0.3, -0.25) is 10.1 Å². The maximum absolute atomic E-state index is 10.9. The van der Waals surface area contributed by atoms with Crippen molar-refractivity contribution in [2.45, 2.75) is 13.8 Å². The summed E-state index contributed by atoms with van der Waals surface area (Å²) in [6.07, 6.45) is 1.65. The Morgan fingerprint density at radius 2 is 1.51 bits per heavy atom. The predicted octanol–water partition coefficient (Wildman–Crippen LogP) is 6.09. The van der Waals surface area contributed by atoms with Gasteiger partial charge in [0.25, 0.3) is 5.69 Å². The summed E-state index contributed by atoms with van der Waals surface area (Å²) in [7, 11) is 0. The van der Waals surface area contributed by atoms with E-state index in [1.54, 1.807) is 18.3 Å². The maximum Gasteiger partial charge on any atom is 0.269 e. The van der Waals surface area contributed by atoms with Crippen molar-refractivity contribution in [1.82, 2.24) is 15.0 Å². The molecular formula is C24H21BrN8O2. The Kier molecular flexibility index (Phi) is 7.27. The van der Waals surface area contributed by atoms with Crippen molar-refractivity contribution in [1.29, 1.82) is 0 Å². The molecule has 0 aliphatic carbocycles. The summed E-state index contributed by atoms with van der Waals surface area (Å²) in [6, 6.07) is 19.6. The highest BCUT2D eigenvalue weighted by molar-refractivity contribution is 9.10. The van der Waals surface area contributed by atoms with Crippen LogP contribution >= 0.6 is 15.9 Å². The Hall–Kier alpha value is -4.38. The zero-order valence-corrected chi connectivity index (χ0v) is 20.4.